The molecule has 0 amide bonds. The van der Waals surface area contributed by atoms with E-state index in [4.69, 9.17) is 0 Å². The maximum Gasteiger partial charge on any atom is 0.211 e. The second kappa shape index (κ2) is 4.85. The van der Waals surface area contributed by atoms with Crippen LogP contribution in [0.2, 0.25) is 0 Å². The van der Waals surface area contributed by atoms with Gasteiger partial charge in [0.05, 0.1) is 0 Å². The Hall–Kier alpha value is -0.400. The predicted molar refractivity (Wildman–Crippen MR) is 71.5 cm³/mol. The minimum atomic E-state index is -0.678. The Morgan fingerprint density at radius 2 is 1.38 bits per heavy atom. The summed E-state index contributed by atoms with van der Waals surface area (Å²) in [6.07, 6.45) is 0. The van der Waals surface area contributed by atoms with Crippen molar-refractivity contribution in [3.05, 3.63) is 36.2 Å². The molecule has 1 heterocycles. The molecule has 0 aliphatic heterocycles. The zero-order valence-corrected chi connectivity index (χ0v) is 12.6. The number of nitrogens with zero attached hydrogens (tertiary/aromatic N) is 4. The Kier molecular flexibility index (Phi) is 3.66. The highest BCUT2D eigenvalue weighted by molar-refractivity contribution is 9.38. The molecule has 0 fully saturated rings. The second-order valence-corrected chi connectivity index (χ2v) is 9.67. The van der Waals surface area contributed by atoms with Crippen LogP contribution >= 0.6 is 47.8 Å². The Bertz CT molecular complexity index is 466. The van der Waals surface area contributed by atoms with Crippen molar-refractivity contribution >= 4 is 47.8 Å². The lowest BCUT2D eigenvalue weighted by atomic mass is 10.2. The molecule has 0 spiro atoms. The summed E-state index contributed by atoms with van der Waals surface area (Å²) in [5, 5.41) is 15.9. The maximum atomic E-state index is 4.00. The topological polar surface area (TPSA) is 51.6 Å². The number of alkyl halides is 3. The fourth-order valence-corrected chi connectivity index (χ4v) is 1.52. The molecule has 82 valence electrons. The van der Waals surface area contributed by atoms with Gasteiger partial charge in [-0.25, -0.2) is 0 Å². The number of aromatic nitrogens is 4. The van der Waals surface area contributed by atoms with Gasteiger partial charge in [0, 0.05) is 5.56 Å². The first-order valence-electron chi connectivity index (χ1n) is 4.27. The molecule has 1 aromatic heterocycles. The third-order valence-corrected chi connectivity index (χ3v) is 2.83. The summed E-state index contributed by atoms with van der Waals surface area (Å²) in [6, 6.07) is 9.57. The molecule has 0 unspecified atom stereocenters. The van der Waals surface area contributed by atoms with Gasteiger partial charge in [-0.05, 0) is 0 Å². The molecular weight excluding hydrogens is 404 g/mol. The van der Waals surface area contributed by atoms with Crippen molar-refractivity contribution < 1.29 is 0 Å². The van der Waals surface area contributed by atoms with Crippen molar-refractivity contribution in [2.24, 2.45) is 0 Å². The lowest BCUT2D eigenvalue weighted by Gasteiger charge is -2.07. The van der Waals surface area contributed by atoms with E-state index in [0.717, 1.165) is 5.56 Å². The molecule has 0 aliphatic rings. The van der Waals surface area contributed by atoms with Crippen LogP contribution in [0.1, 0.15) is 5.82 Å². The van der Waals surface area contributed by atoms with E-state index in [2.05, 4.69) is 68.2 Å². The zero-order chi connectivity index (χ0) is 11.6. The number of hydrogen-bond donors (Lipinski definition) is 0. The highest BCUT2D eigenvalue weighted by Gasteiger charge is 2.25. The summed E-state index contributed by atoms with van der Waals surface area (Å²) in [6.45, 7) is 0. The summed E-state index contributed by atoms with van der Waals surface area (Å²) in [4.78, 5) is 0. The fraction of sp³-hybridized carbons (Fsp3) is 0.111. The zero-order valence-electron chi connectivity index (χ0n) is 7.81. The van der Waals surface area contributed by atoms with Gasteiger partial charge in [-0.3, -0.25) is 0 Å². The minimum absolute atomic E-state index is 0.409. The van der Waals surface area contributed by atoms with Crippen molar-refractivity contribution in [2.75, 3.05) is 0 Å². The normalized spacial score (nSPS) is 11.4. The Morgan fingerprint density at radius 1 is 0.812 bits per heavy atom. The Balaban J connectivity index is 2.34. The molecule has 0 atom stereocenters. The fourth-order valence-electron chi connectivity index (χ4n) is 1.05. The van der Waals surface area contributed by atoms with E-state index in [1.54, 1.807) is 0 Å². The predicted octanol–water partition coefficient (Wildman–Crippen LogP) is 3.23. The van der Waals surface area contributed by atoms with Gasteiger partial charge >= 0.3 is 0 Å². The van der Waals surface area contributed by atoms with Gasteiger partial charge in [-0.15, -0.1) is 20.4 Å². The van der Waals surface area contributed by atoms with Crippen molar-refractivity contribution in [1.82, 2.24) is 20.4 Å². The first-order valence-corrected chi connectivity index (χ1v) is 6.65. The quantitative estimate of drug-likeness (QED) is 0.680. The molecule has 2 rings (SSSR count). The van der Waals surface area contributed by atoms with Gasteiger partial charge in [-0.1, -0.05) is 78.1 Å². The largest absolute Gasteiger partial charge is 0.211 e. The first kappa shape index (κ1) is 12.1. The molecular formula is C9H5Br3N4. The molecule has 16 heavy (non-hydrogen) atoms. The molecule has 0 radical (unpaired) electrons. The number of benzene rings is 1. The monoisotopic (exact) mass is 406 g/mol. The van der Waals surface area contributed by atoms with Crippen molar-refractivity contribution in [2.45, 2.75) is 2.14 Å². The van der Waals surface area contributed by atoms with Crippen LogP contribution in [0, 0.1) is 0 Å². The highest BCUT2D eigenvalue weighted by Crippen LogP contribution is 2.41. The van der Waals surface area contributed by atoms with E-state index in [1.807, 2.05) is 30.3 Å². The molecule has 0 N–H and O–H groups in total. The summed E-state index contributed by atoms with van der Waals surface area (Å²) in [5.74, 6) is 0.910. The number of hydrogen-bond acceptors (Lipinski definition) is 4. The molecule has 0 bridgehead atoms. The van der Waals surface area contributed by atoms with Crippen LogP contribution in [-0.4, -0.2) is 20.4 Å². The van der Waals surface area contributed by atoms with E-state index in [0.29, 0.717) is 11.6 Å². The van der Waals surface area contributed by atoms with Crippen LogP contribution in [-0.2, 0) is 2.14 Å². The highest BCUT2D eigenvalue weighted by atomic mass is 80.0. The van der Waals surface area contributed by atoms with Gasteiger partial charge in [0.25, 0.3) is 0 Å². The van der Waals surface area contributed by atoms with E-state index >= 15 is 0 Å². The standard InChI is InChI=1S/C9H5Br3N4/c10-9(11,12)8-15-13-7(14-16-8)6-4-2-1-3-5-6/h1-5H. The molecule has 7 heteroatoms. The smallest absolute Gasteiger partial charge is 0.128 e. The summed E-state index contributed by atoms with van der Waals surface area (Å²) in [5.41, 5.74) is 0.887. The van der Waals surface area contributed by atoms with Crippen LogP contribution in [0.3, 0.4) is 0 Å². The molecule has 2 aromatic rings. The third-order valence-electron chi connectivity index (χ3n) is 1.76. The van der Waals surface area contributed by atoms with Gasteiger partial charge in [0.1, 0.15) is 0 Å². The summed E-state index contributed by atoms with van der Waals surface area (Å²) >= 11 is 9.89. The van der Waals surface area contributed by atoms with Crippen molar-refractivity contribution in [3.8, 4) is 11.4 Å². The summed E-state index contributed by atoms with van der Waals surface area (Å²) in [7, 11) is 0. The maximum absolute atomic E-state index is 4.00. The minimum Gasteiger partial charge on any atom is -0.128 e. The Morgan fingerprint density at radius 3 is 1.88 bits per heavy atom. The number of halogens is 3. The molecule has 0 saturated carbocycles. The molecule has 0 saturated heterocycles. The van der Waals surface area contributed by atoms with Crippen LogP contribution < -0.4 is 0 Å². The molecule has 4 nitrogen and oxygen atoms in total. The van der Waals surface area contributed by atoms with E-state index in [-0.39, 0.29) is 0 Å². The molecule has 1 aromatic carbocycles. The first-order chi connectivity index (χ1) is 7.57. The van der Waals surface area contributed by atoms with Gasteiger partial charge in [0.2, 0.25) is 11.6 Å². The van der Waals surface area contributed by atoms with Gasteiger partial charge in [-0.2, -0.15) is 0 Å². The van der Waals surface area contributed by atoms with E-state index in [1.165, 1.54) is 0 Å². The van der Waals surface area contributed by atoms with E-state index < -0.39 is 2.14 Å². The third kappa shape index (κ3) is 2.83. The van der Waals surface area contributed by atoms with Crippen molar-refractivity contribution in [3.63, 3.8) is 0 Å². The lowest BCUT2D eigenvalue weighted by Crippen LogP contribution is -2.09. The van der Waals surface area contributed by atoms with Gasteiger partial charge < -0.3 is 0 Å². The van der Waals surface area contributed by atoms with Crippen molar-refractivity contribution in [1.29, 1.82) is 0 Å². The van der Waals surface area contributed by atoms with Crippen LogP contribution in [0.15, 0.2) is 30.3 Å². The average molecular weight is 409 g/mol. The SMILES string of the molecule is BrC(Br)(Br)c1nnc(-c2ccccc2)nn1. The Labute approximate surface area is 117 Å². The lowest BCUT2D eigenvalue weighted by molar-refractivity contribution is 0.802. The van der Waals surface area contributed by atoms with E-state index in [9.17, 15) is 0 Å². The van der Waals surface area contributed by atoms with Crippen LogP contribution in [0.5, 0.6) is 0 Å². The van der Waals surface area contributed by atoms with Gasteiger partial charge in [0.15, 0.2) is 2.14 Å². The molecule has 0 aliphatic carbocycles. The van der Waals surface area contributed by atoms with Crippen LogP contribution in [0.4, 0.5) is 0 Å². The number of rotatable bonds is 1. The summed E-state index contributed by atoms with van der Waals surface area (Å²) < 4.78 is -0.678. The average Bonchev–Trinajstić information content (AvgIpc) is 2.29. The second-order valence-electron chi connectivity index (χ2n) is 2.91. The van der Waals surface area contributed by atoms with Crippen LogP contribution in [0.25, 0.3) is 11.4 Å².